The standard InChI is InChI=1S/C12H18O4/c1-2-16-10(15)12-6-3-11(4-7-12,5-8-12)9(13)14/h2-8H2,1H3,(H,13,14). The van der Waals surface area contributed by atoms with Crippen molar-refractivity contribution in [2.24, 2.45) is 10.8 Å². The fraction of sp³-hybridized carbons (Fsp3) is 0.833. The maximum Gasteiger partial charge on any atom is 0.312 e. The van der Waals surface area contributed by atoms with Crippen molar-refractivity contribution in [3.8, 4) is 0 Å². The lowest BCUT2D eigenvalue weighted by atomic mass is 9.54. The Balaban J connectivity index is 2.11. The van der Waals surface area contributed by atoms with E-state index in [1.807, 2.05) is 6.92 Å². The number of esters is 1. The second kappa shape index (κ2) is 3.75. The molecule has 3 saturated carbocycles. The molecule has 0 aromatic heterocycles. The molecule has 0 aromatic rings. The number of fused-ring (bicyclic) bond motifs is 3. The van der Waals surface area contributed by atoms with Gasteiger partial charge >= 0.3 is 11.9 Å². The molecule has 90 valence electrons. The normalized spacial score (nSPS) is 37.1. The summed E-state index contributed by atoms with van der Waals surface area (Å²) >= 11 is 0. The summed E-state index contributed by atoms with van der Waals surface area (Å²) in [7, 11) is 0. The number of carbonyl (C=O) groups excluding carboxylic acids is 1. The fourth-order valence-corrected chi connectivity index (χ4v) is 3.10. The zero-order valence-corrected chi connectivity index (χ0v) is 9.62. The van der Waals surface area contributed by atoms with Crippen LogP contribution in [0.2, 0.25) is 0 Å². The molecule has 0 aromatic carbocycles. The van der Waals surface area contributed by atoms with Crippen LogP contribution in [0.5, 0.6) is 0 Å². The van der Waals surface area contributed by atoms with Crippen molar-refractivity contribution in [3.63, 3.8) is 0 Å². The molecular formula is C12H18O4. The van der Waals surface area contributed by atoms with E-state index >= 15 is 0 Å². The molecule has 4 nitrogen and oxygen atoms in total. The maximum atomic E-state index is 11.9. The highest BCUT2D eigenvalue weighted by Crippen LogP contribution is 2.57. The van der Waals surface area contributed by atoms with E-state index in [0.29, 0.717) is 45.1 Å². The van der Waals surface area contributed by atoms with E-state index < -0.39 is 11.4 Å². The van der Waals surface area contributed by atoms with Crippen LogP contribution in [0.25, 0.3) is 0 Å². The zero-order chi connectivity index (χ0) is 11.8. The first-order valence-electron chi connectivity index (χ1n) is 5.95. The molecule has 3 rings (SSSR count). The monoisotopic (exact) mass is 226 g/mol. The molecule has 0 saturated heterocycles. The molecule has 3 aliphatic carbocycles. The van der Waals surface area contributed by atoms with Crippen LogP contribution in [0, 0.1) is 10.8 Å². The molecule has 4 heteroatoms. The van der Waals surface area contributed by atoms with Gasteiger partial charge in [0.2, 0.25) is 0 Å². The van der Waals surface area contributed by atoms with Crippen molar-refractivity contribution >= 4 is 11.9 Å². The number of aliphatic carboxylic acids is 1. The third-order valence-electron chi connectivity index (χ3n) is 4.41. The highest BCUT2D eigenvalue weighted by Gasteiger charge is 2.56. The van der Waals surface area contributed by atoms with Crippen molar-refractivity contribution in [2.75, 3.05) is 6.61 Å². The van der Waals surface area contributed by atoms with E-state index in [9.17, 15) is 14.7 Å². The Bertz CT molecular complexity index is 296. The molecule has 0 spiro atoms. The first-order valence-corrected chi connectivity index (χ1v) is 5.95. The Morgan fingerprint density at radius 2 is 1.50 bits per heavy atom. The number of carboxylic acid groups (broad SMARTS) is 1. The third kappa shape index (κ3) is 1.51. The van der Waals surface area contributed by atoms with Crippen LogP contribution in [0.1, 0.15) is 45.4 Å². The topological polar surface area (TPSA) is 63.6 Å². The van der Waals surface area contributed by atoms with Gasteiger partial charge in [-0.25, -0.2) is 0 Å². The predicted octanol–water partition coefficient (Wildman–Crippen LogP) is 1.97. The van der Waals surface area contributed by atoms with E-state index in [-0.39, 0.29) is 11.4 Å². The van der Waals surface area contributed by atoms with Gasteiger partial charge in [0, 0.05) is 0 Å². The Labute approximate surface area is 95.0 Å². The first kappa shape index (κ1) is 11.4. The van der Waals surface area contributed by atoms with Crippen LogP contribution in [0.4, 0.5) is 0 Å². The Morgan fingerprint density at radius 1 is 1.06 bits per heavy atom. The van der Waals surface area contributed by atoms with Crippen molar-refractivity contribution in [1.82, 2.24) is 0 Å². The van der Waals surface area contributed by atoms with Crippen molar-refractivity contribution in [3.05, 3.63) is 0 Å². The minimum Gasteiger partial charge on any atom is -0.481 e. The van der Waals surface area contributed by atoms with Crippen LogP contribution in [-0.2, 0) is 14.3 Å². The summed E-state index contributed by atoms with van der Waals surface area (Å²) in [6, 6.07) is 0. The molecule has 2 bridgehead atoms. The SMILES string of the molecule is CCOC(=O)C12CCC(C(=O)O)(CC1)CC2. The van der Waals surface area contributed by atoms with Crippen molar-refractivity contribution in [1.29, 1.82) is 0 Å². The van der Waals surface area contributed by atoms with E-state index in [1.54, 1.807) is 0 Å². The quantitative estimate of drug-likeness (QED) is 0.747. The van der Waals surface area contributed by atoms with Gasteiger partial charge in [-0.05, 0) is 45.4 Å². The predicted molar refractivity (Wildman–Crippen MR) is 56.8 cm³/mol. The van der Waals surface area contributed by atoms with Crippen LogP contribution in [0.15, 0.2) is 0 Å². The molecule has 16 heavy (non-hydrogen) atoms. The number of hydrogen-bond acceptors (Lipinski definition) is 3. The third-order valence-corrected chi connectivity index (χ3v) is 4.41. The van der Waals surface area contributed by atoms with Gasteiger partial charge in [-0.15, -0.1) is 0 Å². The Morgan fingerprint density at radius 3 is 1.88 bits per heavy atom. The largest absolute Gasteiger partial charge is 0.481 e. The van der Waals surface area contributed by atoms with Gasteiger partial charge in [0.1, 0.15) is 0 Å². The smallest absolute Gasteiger partial charge is 0.312 e. The molecule has 1 N–H and O–H groups in total. The number of hydrogen-bond donors (Lipinski definition) is 1. The average Bonchev–Trinajstić information content (AvgIpc) is 2.31. The van der Waals surface area contributed by atoms with Gasteiger partial charge in [0.25, 0.3) is 0 Å². The molecule has 0 heterocycles. The minimum atomic E-state index is -0.690. The summed E-state index contributed by atoms with van der Waals surface area (Å²) < 4.78 is 5.11. The second-order valence-corrected chi connectivity index (χ2v) is 5.09. The highest BCUT2D eigenvalue weighted by atomic mass is 16.5. The first-order chi connectivity index (χ1) is 7.55. The van der Waals surface area contributed by atoms with Gasteiger partial charge in [0.15, 0.2) is 0 Å². The number of ether oxygens (including phenoxy) is 1. The lowest BCUT2D eigenvalue weighted by Gasteiger charge is -2.49. The van der Waals surface area contributed by atoms with Gasteiger partial charge in [0.05, 0.1) is 17.4 Å². The van der Waals surface area contributed by atoms with Crippen LogP contribution in [-0.4, -0.2) is 23.7 Å². The van der Waals surface area contributed by atoms with E-state index in [4.69, 9.17) is 4.74 Å². The summed E-state index contributed by atoms with van der Waals surface area (Å²) in [5, 5.41) is 9.22. The highest BCUT2D eigenvalue weighted by molar-refractivity contribution is 5.80. The fourth-order valence-electron chi connectivity index (χ4n) is 3.10. The number of carboxylic acids is 1. The molecule has 0 radical (unpaired) electrons. The lowest BCUT2D eigenvalue weighted by molar-refractivity contribution is -0.174. The summed E-state index contributed by atoms with van der Waals surface area (Å²) in [5.74, 6) is -0.807. The van der Waals surface area contributed by atoms with Gasteiger partial charge < -0.3 is 9.84 Å². The summed E-state index contributed by atoms with van der Waals surface area (Å²) in [6.45, 7) is 2.21. The maximum absolute atomic E-state index is 11.9. The number of rotatable bonds is 3. The summed E-state index contributed by atoms with van der Waals surface area (Å²) in [4.78, 5) is 23.1. The van der Waals surface area contributed by atoms with E-state index in [2.05, 4.69) is 0 Å². The average molecular weight is 226 g/mol. The molecule has 0 atom stereocenters. The molecule has 3 fully saturated rings. The molecular weight excluding hydrogens is 208 g/mol. The van der Waals surface area contributed by atoms with Crippen LogP contribution in [0.3, 0.4) is 0 Å². The lowest BCUT2D eigenvalue weighted by Crippen LogP contribution is -2.49. The van der Waals surface area contributed by atoms with Crippen LogP contribution >= 0.6 is 0 Å². The van der Waals surface area contributed by atoms with Gasteiger partial charge in [-0.2, -0.15) is 0 Å². The molecule has 3 aliphatic rings. The van der Waals surface area contributed by atoms with Gasteiger partial charge in [-0.3, -0.25) is 9.59 Å². The summed E-state index contributed by atoms with van der Waals surface area (Å²) in [6.07, 6.45) is 3.91. The van der Waals surface area contributed by atoms with Crippen molar-refractivity contribution < 1.29 is 19.4 Å². The second-order valence-electron chi connectivity index (χ2n) is 5.09. The Kier molecular flexibility index (Phi) is 2.68. The summed E-state index contributed by atoms with van der Waals surface area (Å²) in [5.41, 5.74) is -0.915. The van der Waals surface area contributed by atoms with E-state index in [0.717, 1.165) is 0 Å². The van der Waals surface area contributed by atoms with E-state index in [1.165, 1.54) is 0 Å². The molecule has 0 unspecified atom stereocenters. The molecule has 0 aliphatic heterocycles. The Hall–Kier alpha value is -1.06. The zero-order valence-electron chi connectivity index (χ0n) is 9.62. The van der Waals surface area contributed by atoms with Crippen molar-refractivity contribution in [2.45, 2.75) is 45.4 Å². The van der Waals surface area contributed by atoms with Gasteiger partial charge in [-0.1, -0.05) is 0 Å². The van der Waals surface area contributed by atoms with Crippen LogP contribution < -0.4 is 0 Å². The molecule has 0 amide bonds. The minimum absolute atomic E-state index is 0.117. The number of carbonyl (C=O) groups is 2.